The molecule has 1 aliphatic heterocycles. The average Bonchev–Trinajstić information content (AvgIpc) is 2.53. The van der Waals surface area contributed by atoms with Crippen LogP contribution in [0.15, 0.2) is 29.2 Å². The molecular weight excluding hydrogens is 336 g/mol. The Morgan fingerprint density at radius 1 is 1.26 bits per heavy atom. The summed E-state index contributed by atoms with van der Waals surface area (Å²) in [4.78, 5) is 14.0. The number of rotatable bonds is 4. The smallest absolute Gasteiger partial charge is 0.244 e. The van der Waals surface area contributed by atoms with Gasteiger partial charge in [0.25, 0.3) is 0 Å². The van der Waals surface area contributed by atoms with Gasteiger partial charge in [0, 0.05) is 13.1 Å². The summed E-state index contributed by atoms with van der Waals surface area (Å²) in [5, 5.41) is 0. The number of halogens is 1. The normalized spacial score (nSPS) is 20.0. The molecule has 0 spiro atoms. The third-order valence-electron chi connectivity index (χ3n) is 4.05. The maximum atomic E-state index is 13.0. The molecule has 5 nitrogen and oxygen atoms in total. The van der Waals surface area contributed by atoms with Gasteiger partial charge in [0.1, 0.15) is 12.0 Å². The van der Waals surface area contributed by atoms with Gasteiger partial charge < -0.3 is 4.90 Å². The summed E-state index contributed by atoms with van der Waals surface area (Å²) in [6.45, 7) is 6.69. The van der Waals surface area contributed by atoms with E-state index in [9.17, 15) is 13.2 Å². The molecule has 1 atom stereocenters. The van der Waals surface area contributed by atoms with Crippen LogP contribution >= 0.6 is 11.6 Å². The quantitative estimate of drug-likeness (QED) is 0.777. The zero-order chi connectivity index (χ0) is 17.2. The molecule has 1 saturated heterocycles. The van der Waals surface area contributed by atoms with Crippen molar-refractivity contribution in [3.63, 3.8) is 0 Å². The van der Waals surface area contributed by atoms with Crippen LogP contribution in [-0.4, -0.2) is 48.7 Å². The van der Waals surface area contributed by atoms with E-state index in [2.05, 4.69) is 0 Å². The Labute approximate surface area is 143 Å². The second-order valence-corrected chi connectivity index (χ2v) is 8.32. The molecule has 1 aromatic rings. The Balaban J connectivity index is 2.42. The van der Waals surface area contributed by atoms with Crippen molar-refractivity contribution in [2.24, 2.45) is 5.92 Å². The summed E-state index contributed by atoms with van der Waals surface area (Å²) >= 11 is 5.69. The van der Waals surface area contributed by atoms with E-state index in [1.807, 2.05) is 20.8 Å². The Morgan fingerprint density at radius 3 is 2.39 bits per heavy atom. The van der Waals surface area contributed by atoms with Crippen LogP contribution in [0.3, 0.4) is 0 Å². The van der Waals surface area contributed by atoms with Gasteiger partial charge in [-0.25, -0.2) is 8.42 Å². The molecule has 0 bridgehead atoms. The fraction of sp³-hybridized carbons (Fsp3) is 0.562. The summed E-state index contributed by atoms with van der Waals surface area (Å²) in [5.41, 5.74) is 1.00. The maximum Gasteiger partial charge on any atom is 0.244 e. The van der Waals surface area contributed by atoms with E-state index >= 15 is 0 Å². The van der Waals surface area contributed by atoms with Crippen molar-refractivity contribution in [1.29, 1.82) is 0 Å². The SMILES string of the molecule is Cc1ccc(S(=O)(=O)N2CCCN(C(=O)CCl)C2C(C)C)cc1. The summed E-state index contributed by atoms with van der Waals surface area (Å²) in [6, 6.07) is 6.79. The summed E-state index contributed by atoms with van der Waals surface area (Å²) in [6.07, 6.45) is 0.109. The van der Waals surface area contributed by atoms with Gasteiger partial charge in [-0.05, 0) is 31.4 Å². The van der Waals surface area contributed by atoms with Crippen molar-refractivity contribution in [1.82, 2.24) is 9.21 Å². The van der Waals surface area contributed by atoms with Crippen LogP contribution in [-0.2, 0) is 14.8 Å². The molecular formula is C16H23ClN2O3S. The van der Waals surface area contributed by atoms with Crippen molar-refractivity contribution in [2.45, 2.75) is 38.3 Å². The molecule has 1 fully saturated rings. The highest BCUT2D eigenvalue weighted by atomic mass is 35.5. The van der Waals surface area contributed by atoms with Crippen LogP contribution in [0.5, 0.6) is 0 Å². The van der Waals surface area contributed by atoms with Gasteiger partial charge in [0.05, 0.1) is 4.90 Å². The van der Waals surface area contributed by atoms with Crippen LogP contribution in [0.4, 0.5) is 0 Å². The number of nitrogens with zero attached hydrogens (tertiary/aromatic N) is 2. The van der Waals surface area contributed by atoms with E-state index in [1.54, 1.807) is 29.2 Å². The van der Waals surface area contributed by atoms with E-state index < -0.39 is 16.2 Å². The first-order valence-electron chi connectivity index (χ1n) is 7.73. The number of amides is 1. The third kappa shape index (κ3) is 3.70. The first-order chi connectivity index (χ1) is 10.8. The minimum atomic E-state index is -3.65. The van der Waals surface area contributed by atoms with Gasteiger partial charge in [-0.15, -0.1) is 11.6 Å². The van der Waals surface area contributed by atoms with Crippen LogP contribution in [0.1, 0.15) is 25.8 Å². The third-order valence-corrected chi connectivity index (χ3v) is 6.16. The Kier molecular flexibility index (Phi) is 5.70. The Bertz CT molecular complexity index is 658. The van der Waals surface area contributed by atoms with Gasteiger partial charge >= 0.3 is 0 Å². The lowest BCUT2D eigenvalue weighted by atomic mass is 10.1. The van der Waals surface area contributed by atoms with Gasteiger partial charge in [0.2, 0.25) is 15.9 Å². The van der Waals surface area contributed by atoms with E-state index in [-0.39, 0.29) is 22.6 Å². The zero-order valence-corrected chi connectivity index (χ0v) is 15.3. The van der Waals surface area contributed by atoms with E-state index in [0.29, 0.717) is 19.5 Å². The molecule has 0 aliphatic carbocycles. The number of carbonyl (C=O) groups is 1. The number of alkyl halides is 1. The number of hydrogen-bond donors (Lipinski definition) is 0. The predicted molar refractivity (Wildman–Crippen MR) is 90.7 cm³/mol. The molecule has 1 aromatic carbocycles. The number of aryl methyl sites for hydroxylation is 1. The number of sulfonamides is 1. The summed E-state index contributed by atoms with van der Waals surface area (Å²) < 4.78 is 27.5. The van der Waals surface area contributed by atoms with E-state index in [0.717, 1.165) is 5.56 Å². The van der Waals surface area contributed by atoms with Crippen molar-refractivity contribution in [3.8, 4) is 0 Å². The molecule has 0 N–H and O–H groups in total. The van der Waals surface area contributed by atoms with Crippen molar-refractivity contribution in [3.05, 3.63) is 29.8 Å². The molecule has 2 rings (SSSR count). The molecule has 1 heterocycles. The summed E-state index contributed by atoms with van der Waals surface area (Å²) in [5.74, 6) is -0.390. The molecule has 23 heavy (non-hydrogen) atoms. The number of benzene rings is 1. The predicted octanol–water partition coefficient (Wildman–Crippen LogP) is 2.44. The molecule has 1 amide bonds. The molecule has 0 saturated carbocycles. The van der Waals surface area contributed by atoms with E-state index in [4.69, 9.17) is 11.6 Å². The van der Waals surface area contributed by atoms with Gasteiger partial charge in [-0.2, -0.15) is 4.31 Å². The molecule has 1 aliphatic rings. The standard InChI is InChI=1S/C16H23ClN2O3S/c1-12(2)16-18(15(20)11-17)9-4-10-19(16)23(21,22)14-7-5-13(3)6-8-14/h5-8,12,16H,4,9-11H2,1-3H3. The molecule has 1 unspecified atom stereocenters. The minimum absolute atomic E-state index is 0.0253. The number of hydrogen-bond acceptors (Lipinski definition) is 3. The van der Waals surface area contributed by atoms with Gasteiger partial charge in [-0.1, -0.05) is 31.5 Å². The number of carbonyl (C=O) groups excluding carboxylic acids is 1. The molecule has 7 heteroatoms. The van der Waals surface area contributed by atoms with Crippen molar-refractivity contribution < 1.29 is 13.2 Å². The highest BCUT2D eigenvalue weighted by Crippen LogP contribution is 2.28. The van der Waals surface area contributed by atoms with Gasteiger partial charge in [-0.3, -0.25) is 4.79 Å². The van der Waals surface area contributed by atoms with Crippen molar-refractivity contribution >= 4 is 27.5 Å². The Hall–Kier alpha value is -1.11. The fourth-order valence-corrected chi connectivity index (χ4v) is 4.88. The lowest BCUT2D eigenvalue weighted by Crippen LogP contribution is -2.60. The first-order valence-corrected chi connectivity index (χ1v) is 9.70. The first kappa shape index (κ1) is 18.2. The lowest BCUT2D eigenvalue weighted by molar-refractivity contribution is -0.137. The summed E-state index contributed by atoms with van der Waals surface area (Å²) in [7, 11) is -3.65. The Morgan fingerprint density at radius 2 is 1.87 bits per heavy atom. The highest BCUT2D eigenvalue weighted by molar-refractivity contribution is 7.89. The van der Waals surface area contributed by atoms with Crippen LogP contribution in [0.25, 0.3) is 0 Å². The minimum Gasteiger partial charge on any atom is -0.325 e. The second-order valence-electron chi connectivity index (χ2n) is 6.16. The molecule has 0 aromatic heterocycles. The van der Waals surface area contributed by atoms with Crippen molar-refractivity contribution in [2.75, 3.05) is 19.0 Å². The molecule has 0 radical (unpaired) electrons. The van der Waals surface area contributed by atoms with E-state index in [1.165, 1.54) is 4.31 Å². The maximum absolute atomic E-state index is 13.0. The van der Waals surface area contributed by atoms with Gasteiger partial charge in [0.15, 0.2) is 0 Å². The second kappa shape index (κ2) is 7.20. The monoisotopic (exact) mass is 358 g/mol. The van der Waals surface area contributed by atoms with Crippen LogP contribution < -0.4 is 0 Å². The lowest BCUT2D eigenvalue weighted by Gasteiger charge is -2.44. The topological polar surface area (TPSA) is 57.7 Å². The van der Waals surface area contributed by atoms with Crippen LogP contribution in [0, 0.1) is 12.8 Å². The average molecular weight is 359 g/mol. The zero-order valence-electron chi connectivity index (χ0n) is 13.7. The van der Waals surface area contributed by atoms with Crippen LogP contribution in [0.2, 0.25) is 0 Å². The molecule has 128 valence electrons. The largest absolute Gasteiger partial charge is 0.325 e. The fourth-order valence-electron chi connectivity index (χ4n) is 2.97. The highest BCUT2D eigenvalue weighted by Gasteiger charge is 2.40.